The lowest BCUT2D eigenvalue weighted by molar-refractivity contribution is -0.173. The van der Waals surface area contributed by atoms with Crippen LogP contribution in [0.2, 0.25) is 0 Å². The molecule has 0 bridgehead atoms. The van der Waals surface area contributed by atoms with Crippen molar-refractivity contribution in [2.45, 2.75) is 19.0 Å². The zero-order chi connectivity index (χ0) is 10.6. The van der Waals surface area contributed by atoms with Gasteiger partial charge in [0.15, 0.2) is 0 Å². The average molecular weight is 211 g/mol. The highest BCUT2D eigenvalue weighted by molar-refractivity contribution is 5.80. The number of nitrogens with one attached hydrogen (secondary N) is 1. The van der Waals surface area contributed by atoms with Crippen molar-refractivity contribution in [3.63, 3.8) is 0 Å². The van der Waals surface area contributed by atoms with Gasteiger partial charge in [0, 0.05) is 12.5 Å². The molecule has 0 heterocycles. The molecule has 0 radical (unpaired) electrons. The Morgan fingerprint density at radius 2 is 2.07 bits per heavy atom. The smallest absolute Gasteiger partial charge is 0.370 e. The van der Waals surface area contributed by atoms with Crippen molar-refractivity contribution in [1.82, 2.24) is 5.32 Å². The van der Waals surface area contributed by atoms with Crippen molar-refractivity contribution in [3.05, 3.63) is 0 Å². The summed E-state index contributed by atoms with van der Waals surface area (Å²) < 4.78 is 39.0. The number of carbonyl (C=O) groups is 1. The molecule has 3 nitrogen and oxygen atoms in total. The maximum atomic E-state index is 11.6. The van der Waals surface area contributed by atoms with E-state index in [0.29, 0.717) is 0 Å². The topological polar surface area (TPSA) is 38.3 Å². The van der Waals surface area contributed by atoms with Gasteiger partial charge in [-0.05, 0) is 12.8 Å². The van der Waals surface area contributed by atoms with Gasteiger partial charge in [-0.1, -0.05) is 0 Å². The third kappa shape index (κ3) is 5.06. The molecule has 0 saturated heterocycles. The lowest BCUT2D eigenvalue weighted by Crippen LogP contribution is -2.29. The Bertz CT molecular complexity index is 201. The number of ether oxygens (including phenoxy) is 1. The zero-order valence-electron chi connectivity index (χ0n) is 7.56. The molecular formula is C8H12F3NO2. The summed E-state index contributed by atoms with van der Waals surface area (Å²) in [5.41, 5.74) is 0. The summed E-state index contributed by atoms with van der Waals surface area (Å²) in [6.07, 6.45) is -2.52. The molecule has 1 saturated carbocycles. The van der Waals surface area contributed by atoms with Crippen molar-refractivity contribution in [3.8, 4) is 0 Å². The number of hydrogen-bond donors (Lipinski definition) is 1. The molecule has 0 unspecified atom stereocenters. The van der Waals surface area contributed by atoms with E-state index in [4.69, 9.17) is 0 Å². The van der Waals surface area contributed by atoms with Crippen molar-refractivity contribution >= 4 is 5.91 Å². The second-order valence-electron chi connectivity index (χ2n) is 3.23. The zero-order valence-corrected chi connectivity index (χ0v) is 7.56. The van der Waals surface area contributed by atoms with E-state index in [-0.39, 0.29) is 25.0 Å². The summed E-state index contributed by atoms with van der Waals surface area (Å²) in [4.78, 5) is 11.0. The molecule has 82 valence electrons. The van der Waals surface area contributed by atoms with Gasteiger partial charge in [-0.3, -0.25) is 4.79 Å². The van der Waals surface area contributed by atoms with Crippen LogP contribution in [0.1, 0.15) is 12.8 Å². The lowest BCUT2D eigenvalue weighted by Gasteiger charge is -2.07. The molecule has 1 amide bonds. The molecule has 0 aliphatic heterocycles. The van der Waals surface area contributed by atoms with E-state index in [9.17, 15) is 18.0 Å². The van der Waals surface area contributed by atoms with Crippen molar-refractivity contribution in [2.75, 3.05) is 19.8 Å². The first-order valence-electron chi connectivity index (χ1n) is 4.41. The van der Waals surface area contributed by atoms with Gasteiger partial charge < -0.3 is 10.1 Å². The van der Waals surface area contributed by atoms with Crippen LogP contribution in [-0.4, -0.2) is 31.8 Å². The first-order chi connectivity index (χ1) is 6.49. The third-order valence-electron chi connectivity index (χ3n) is 1.76. The summed E-state index contributed by atoms with van der Waals surface area (Å²) in [5, 5.41) is 2.50. The Labute approximate surface area is 79.6 Å². The molecule has 1 aliphatic rings. The van der Waals surface area contributed by atoms with Gasteiger partial charge in [0.1, 0.15) is 6.61 Å². The van der Waals surface area contributed by atoms with E-state index >= 15 is 0 Å². The molecule has 1 N–H and O–H groups in total. The maximum absolute atomic E-state index is 11.6. The fourth-order valence-corrected chi connectivity index (χ4v) is 0.924. The number of halogens is 3. The van der Waals surface area contributed by atoms with Gasteiger partial charge in [0.2, 0.25) is 5.91 Å². The van der Waals surface area contributed by atoms with Crippen molar-refractivity contribution < 1.29 is 22.7 Å². The minimum Gasteiger partial charge on any atom is -0.370 e. The molecular weight excluding hydrogens is 199 g/mol. The first-order valence-corrected chi connectivity index (χ1v) is 4.41. The molecule has 1 fully saturated rings. The Hall–Kier alpha value is -0.780. The van der Waals surface area contributed by atoms with Crippen LogP contribution in [0.3, 0.4) is 0 Å². The summed E-state index contributed by atoms with van der Waals surface area (Å²) in [6.45, 7) is -1.21. The van der Waals surface area contributed by atoms with Gasteiger partial charge in [-0.25, -0.2) is 0 Å². The average Bonchev–Trinajstić information content (AvgIpc) is 2.83. The van der Waals surface area contributed by atoms with Crippen LogP contribution in [0.25, 0.3) is 0 Å². The lowest BCUT2D eigenvalue weighted by atomic mass is 10.4. The van der Waals surface area contributed by atoms with E-state index in [2.05, 4.69) is 10.1 Å². The van der Waals surface area contributed by atoms with Gasteiger partial charge in [-0.2, -0.15) is 13.2 Å². The number of hydrogen-bond acceptors (Lipinski definition) is 2. The van der Waals surface area contributed by atoms with Crippen LogP contribution in [-0.2, 0) is 9.53 Å². The Kier molecular flexibility index (Phi) is 3.74. The predicted octanol–water partition coefficient (Wildman–Crippen LogP) is 1.09. The van der Waals surface area contributed by atoms with Crippen LogP contribution in [0, 0.1) is 5.92 Å². The number of carbonyl (C=O) groups excluding carboxylic acids is 1. The fraction of sp³-hybridized carbons (Fsp3) is 0.875. The molecule has 0 aromatic carbocycles. The summed E-state index contributed by atoms with van der Waals surface area (Å²) in [7, 11) is 0. The van der Waals surface area contributed by atoms with E-state index in [1.165, 1.54) is 0 Å². The van der Waals surface area contributed by atoms with E-state index in [1.807, 2.05) is 0 Å². The monoisotopic (exact) mass is 211 g/mol. The quantitative estimate of drug-likeness (QED) is 0.691. The molecule has 0 aromatic rings. The van der Waals surface area contributed by atoms with Crippen molar-refractivity contribution in [2.24, 2.45) is 5.92 Å². The molecule has 1 aliphatic carbocycles. The van der Waals surface area contributed by atoms with Gasteiger partial charge in [-0.15, -0.1) is 0 Å². The predicted molar refractivity (Wildman–Crippen MR) is 42.6 cm³/mol. The maximum Gasteiger partial charge on any atom is 0.411 e. The molecule has 6 heteroatoms. The fourth-order valence-electron chi connectivity index (χ4n) is 0.924. The Morgan fingerprint density at radius 3 is 2.57 bits per heavy atom. The van der Waals surface area contributed by atoms with Crippen molar-refractivity contribution in [1.29, 1.82) is 0 Å². The van der Waals surface area contributed by atoms with Crippen LogP contribution in [0.15, 0.2) is 0 Å². The molecule has 0 spiro atoms. The SMILES string of the molecule is O=C(NCCOCC(F)(F)F)C1CC1. The second kappa shape index (κ2) is 4.63. The van der Waals surface area contributed by atoms with Gasteiger partial charge >= 0.3 is 6.18 Å². The Balaban J connectivity index is 1.91. The van der Waals surface area contributed by atoms with E-state index in [0.717, 1.165) is 12.8 Å². The highest BCUT2D eigenvalue weighted by atomic mass is 19.4. The van der Waals surface area contributed by atoms with Crippen LogP contribution >= 0.6 is 0 Å². The Morgan fingerprint density at radius 1 is 1.43 bits per heavy atom. The normalized spacial score (nSPS) is 16.8. The number of alkyl halides is 3. The first kappa shape index (κ1) is 11.3. The molecule has 1 rings (SSSR count). The number of amides is 1. The molecule has 14 heavy (non-hydrogen) atoms. The molecule has 0 aromatic heterocycles. The summed E-state index contributed by atoms with van der Waals surface area (Å²) >= 11 is 0. The number of rotatable bonds is 5. The second-order valence-corrected chi connectivity index (χ2v) is 3.23. The standard InChI is InChI=1S/C8H12F3NO2/c9-8(10,11)5-14-4-3-12-7(13)6-1-2-6/h6H,1-5H2,(H,12,13). The molecule has 0 atom stereocenters. The van der Waals surface area contributed by atoms with E-state index < -0.39 is 12.8 Å². The van der Waals surface area contributed by atoms with Crippen LogP contribution < -0.4 is 5.32 Å². The summed E-state index contributed by atoms with van der Waals surface area (Å²) in [6, 6.07) is 0. The largest absolute Gasteiger partial charge is 0.411 e. The highest BCUT2D eigenvalue weighted by Gasteiger charge is 2.29. The van der Waals surface area contributed by atoms with Gasteiger partial charge in [0.05, 0.1) is 6.61 Å². The van der Waals surface area contributed by atoms with E-state index in [1.54, 1.807) is 0 Å². The minimum atomic E-state index is -4.29. The minimum absolute atomic E-state index is 0.0811. The van der Waals surface area contributed by atoms with Gasteiger partial charge in [0.25, 0.3) is 0 Å². The van der Waals surface area contributed by atoms with Crippen LogP contribution in [0.4, 0.5) is 13.2 Å². The summed E-state index contributed by atoms with van der Waals surface area (Å²) in [5.74, 6) is -0.00164. The van der Waals surface area contributed by atoms with Crippen LogP contribution in [0.5, 0.6) is 0 Å². The third-order valence-corrected chi connectivity index (χ3v) is 1.76. The highest BCUT2D eigenvalue weighted by Crippen LogP contribution is 2.28.